The number of benzene rings is 1. The summed E-state index contributed by atoms with van der Waals surface area (Å²) in [6, 6.07) is 9.69. The molecular formula is C17H21N3O2. The van der Waals surface area contributed by atoms with Gasteiger partial charge in [0.2, 0.25) is 0 Å². The molecule has 1 unspecified atom stereocenters. The van der Waals surface area contributed by atoms with E-state index in [1.54, 1.807) is 10.9 Å². The topological polar surface area (TPSA) is 67.2 Å². The van der Waals surface area contributed by atoms with Crippen LogP contribution in [-0.2, 0) is 0 Å². The Hall–Kier alpha value is -2.14. The van der Waals surface area contributed by atoms with Crippen molar-refractivity contribution in [2.75, 3.05) is 6.61 Å². The van der Waals surface area contributed by atoms with Gasteiger partial charge in [0, 0.05) is 6.20 Å². The van der Waals surface area contributed by atoms with Crippen molar-refractivity contribution in [2.45, 2.75) is 32.2 Å². The van der Waals surface area contributed by atoms with Crippen LogP contribution in [0.1, 0.15) is 35.8 Å². The van der Waals surface area contributed by atoms with Gasteiger partial charge in [-0.05, 0) is 44.7 Å². The summed E-state index contributed by atoms with van der Waals surface area (Å²) in [5.41, 5.74) is 1.59. The SMILES string of the molecule is Cc1nn(-c2ccccc2)cc1C(=O)NC(C)(CO)C1CC1. The third kappa shape index (κ3) is 2.76. The molecule has 1 aromatic carbocycles. The van der Waals surface area contributed by atoms with E-state index in [0.29, 0.717) is 17.2 Å². The molecule has 1 saturated carbocycles. The van der Waals surface area contributed by atoms with Crippen molar-refractivity contribution in [1.29, 1.82) is 0 Å². The fourth-order valence-corrected chi connectivity index (χ4v) is 2.71. The summed E-state index contributed by atoms with van der Waals surface area (Å²) in [5.74, 6) is 0.189. The molecule has 116 valence electrons. The molecule has 1 amide bonds. The second-order valence-electron chi connectivity index (χ2n) is 6.21. The maximum atomic E-state index is 12.5. The van der Waals surface area contributed by atoms with Gasteiger partial charge in [-0.1, -0.05) is 18.2 Å². The number of rotatable bonds is 5. The van der Waals surface area contributed by atoms with Crippen molar-refractivity contribution in [3.63, 3.8) is 0 Å². The number of aryl methyl sites for hydroxylation is 1. The van der Waals surface area contributed by atoms with Crippen LogP contribution in [0.25, 0.3) is 5.69 Å². The fraction of sp³-hybridized carbons (Fsp3) is 0.412. The van der Waals surface area contributed by atoms with Gasteiger partial charge in [0.15, 0.2) is 0 Å². The summed E-state index contributed by atoms with van der Waals surface area (Å²) in [6.45, 7) is 3.68. The number of carbonyl (C=O) groups excluding carboxylic acids is 1. The minimum absolute atomic E-state index is 0.0464. The number of aliphatic hydroxyl groups excluding tert-OH is 1. The summed E-state index contributed by atoms with van der Waals surface area (Å²) in [5, 5.41) is 17.0. The smallest absolute Gasteiger partial charge is 0.255 e. The first-order chi connectivity index (χ1) is 10.5. The predicted octanol–water partition coefficient (Wildman–Crippen LogP) is 2.07. The van der Waals surface area contributed by atoms with Crippen LogP contribution in [0.3, 0.4) is 0 Å². The number of nitrogens with zero attached hydrogens (tertiary/aromatic N) is 2. The van der Waals surface area contributed by atoms with Crippen molar-refractivity contribution >= 4 is 5.91 Å². The number of amides is 1. The highest BCUT2D eigenvalue weighted by Crippen LogP contribution is 2.39. The number of para-hydroxylation sites is 1. The highest BCUT2D eigenvalue weighted by atomic mass is 16.3. The number of carbonyl (C=O) groups is 1. The van der Waals surface area contributed by atoms with Crippen LogP contribution in [-0.4, -0.2) is 32.9 Å². The van der Waals surface area contributed by atoms with E-state index in [4.69, 9.17) is 0 Å². The highest BCUT2D eigenvalue weighted by Gasteiger charge is 2.42. The van der Waals surface area contributed by atoms with E-state index < -0.39 is 5.54 Å². The minimum Gasteiger partial charge on any atom is -0.394 e. The number of aliphatic hydroxyl groups is 1. The predicted molar refractivity (Wildman–Crippen MR) is 84.0 cm³/mol. The average molecular weight is 299 g/mol. The van der Waals surface area contributed by atoms with Gasteiger partial charge >= 0.3 is 0 Å². The van der Waals surface area contributed by atoms with Crippen LogP contribution < -0.4 is 5.32 Å². The lowest BCUT2D eigenvalue weighted by Gasteiger charge is -2.28. The Morgan fingerprint density at radius 3 is 2.68 bits per heavy atom. The molecule has 5 heteroatoms. The summed E-state index contributed by atoms with van der Waals surface area (Å²) in [4.78, 5) is 12.5. The first kappa shape index (κ1) is 14.8. The number of aromatic nitrogens is 2. The molecule has 1 aliphatic rings. The standard InChI is InChI=1S/C17H21N3O2/c1-12-15(10-20(19-12)14-6-4-3-5-7-14)16(22)18-17(2,11-21)13-8-9-13/h3-7,10,13,21H,8-9,11H2,1-2H3,(H,18,22). The molecular weight excluding hydrogens is 278 g/mol. The summed E-state index contributed by atoms with van der Waals surface area (Å²) in [6.07, 6.45) is 3.85. The maximum absolute atomic E-state index is 12.5. The van der Waals surface area contributed by atoms with Crippen LogP contribution in [0.4, 0.5) is 0 Å². The molecule has 5 nitrogen and oxygen atoms in total. The Morgan fingerprint density at radius 2 is 2.09 bits per heavy atom. The summed E-state index contributed by atoms with van der Waals surface area (Å²) < 4.78 is 1.71. The molecule has 2 aromatic rings. The van der Waals surface area contributed by atoms with Gasteiger partial charge in [-0.2, -0.15) is 5.10 Å². The number of nitrogens with one attached hydrogen (secondary N) is 1. The van der Waals surface area contributed by atoms with Gasteiger partial charge < -0.3 is 10.4 Å². The molecule has 0 radical (unpaired) electrons. The quantitative estimate of drug-likeness (QED) is 0.888. The molecule has 0 saturated heterocycles. The summed E-state index contributed by atoms with van der Waals surface area (Å²) >= 11 is 0. The molecule has 22 heavy (non-hydrogen) atoms. The van der Waals surface area contributed by atoms with Gasteiger partial charge in [-0.15, -0.1) is 0 Å². The molecule has 1 aliphatic carbocycles. The number of hydrogen-bond donors (Lipinski definition) is 2. The van der Waals surface area contributed by atoms with Crippen LogP contribution in [0.5, 0.6) is 0 Å². The van der Waals surface area contributed by atoms with Crippen molar-refractivity contribution in [2.24, 2.45) is 5.92 Å². The molecule has 1 heterocycles. The first-order valence-corrected chi connectivity index (χ1v) is 7.58. The Bertz CT molecular complexity index is 676. The van der Waals surface area contributed by atoms with Crippen molar-refractivity contribution in [1.82, 2.24) is 15.1 Å². The van der Waals surface area contributed by atoms with Gasteiger partial charge in [-0.3, -0.25) is 4.79 Å². The molecule has 2 N–H and O–H groups in total. The van der Waals surface area contributed by atoms with Crippen molar-refractivity contribution < 1.29 is 9.90 Å². The molecule has 1 atom stereocenters. The van der Waals surface area contributed by atoms with E-state index in [9.17, 15) is 9.90 Å². The van der Waals surface area contributed by atoms with E-state index >= 15 is 0 Å². The Balaban J connectivity index is 1.83. The molecule has 0 spiro atoms. The Labute approximate surface area is 130 Å². The summed E-state index contributed by atoms with van der Waals surface area (Å²) in [7, 11) is 0. The largest absolute Gasteiger partial charge is 0.394 e. The third-order valence-corrected chi connectivity index (χ3v) is 4.37. The molecule has 0 aliphatic heterocycles. The second-order valence-corrected chi connectivity index (χ2v) is 6.21. The lowest BCUT2D eigenvalue weighted by molar-refractivity contribution is 0.0824. The van der Waals surface area contributed by atoms with E-state index in [2.05, 4.69) is 10.4 Å². The lowest BCUT2D eigenvalue weighted by Crippen LogP contribution is -2.50. The number of hydrogen-bond acceptors (Lipinski definition) is 3. The van der Waals surface area contributed by atoms with Crippen LogP contribution >= 0.6 is 0 Å². The zero-order chi connectivity index (χ0) is 15.7. The molecule has 3 rings (SSSR count). The van der Waals surface area contributed by atoms with Gasteiger partial charge in [0.05, 0.1) is 29.1 Å². The lowest BCUT2D eigenvalue weighted by atomic mass is 9.96. The van der Waals surface area contributed by atoms with Crippen LogP contribution in [0.2, 0.25) is 0 Å². The molecule has 1 aromatic heterocycles. The molecule has 1 fully saturated rings. The highest BCUT2D eigenvalue weighted by molar-refractivity contribution is 5.95. The fourth-order valence-electron chi connectivity index (χ4n) is 2.71. The van der Waals surface area contributed by atoms with E-state index in [1.807, 2.05) is 44.2 Å². The van der Waals surface area contributed by atoms with Gasteiger partial charge in [-0.25, -0.2) is 4.68 Å². The van der Waals surface area contributed by atoms with Crippen LogP contribution in [0.15, 0.2) is 36.5 Å². The van der Waals surface area contributed by atoms with Gasteiger partial charge in [0.25, 0.3) is 5.91 Å². The van der Waals surface area contributed by atoms with E-state index in [-0.39, 0.29) is 12.5 Å². The second kappa shape index (κ2) is 5.57. The van der Waals surface area contributed by atoms with Gasteiger partial charge in [0.1, 0.15) is 0 Å². The van der Waals surface area contributed by atoms with Crippen molar-refractivity contribution in [3.05, 3.63) is 47.8 Å². The zero-order valence-electron chi connectivity index (χ0n) is 12.9. The minimum atomic E-state index is -0.543. The van der Waals surface area contributed by atoms with E-state index in [1.165, 1.54) is 0 Å². The van der Waals surface area contributed by atoms with Crippen molar-refractivity contribution in [3.8, 4) is 5.69 Å². The average Bonchev–Trinajstić information content (AvgIpc) is 3.31. The van der Waals surface area contributed by atoms with Crippen LogP contribution in [0, 0.1) is 12.8 Å². The normalized spacial score (nSPS) is 17.0. The Morgan fingerprint density at radius 1 is 1.41 bits per heavy atom. The monoisotopic (exact) mass is 299 g/mol. The maximum Gasteiger partial charge on any atom is 0.255 e. The van der Waals surface area contributed by atoms with E-state index in [0.717, 1.165) is 18.5 Å². The first-order valence-electron chi connectivity index (χ1n) is 7.58. The molecule has 0 bridgehead atoms. The Kier molecular flexibility index (Phi) is 3.74. The third-order valence-electron chi connectivity index (χ3n) is 4.37. The zero-order valence-corrected chi connectivity index (χ0v) is 12.9.